The van der Waals surface area contributed by atoms with Gasteiger partial charge in [0.25, 0.3) is 0 Å². The van der Waals surface area contributed by atoms with E-state index in [9.17, 15) is 0 Å². The van der Waals surface area contributed by atoms with Crippen LogP contribution in [0.25, 0.3) is 0 Å². The minimum Gasteiger partial charge on any atom is -0.371 e. The maximum Gasteiger partial charge on any atom is 0.0407 e. The summed E-state index contributed by atoms with van der Waals surface area (Å²) in [5.74, 6) is 0. The van der Waals surface area contributed by atoms with Crippen LogP contribution in [0.5, 0.6) is 0 Å². The van der Waals surface area contributed by atoms with Gasteiger partial charge in [0.05, 0.1) is 0 Å². The van der Waals surface area contributed by atoms with Gasteiger partial charge in [-0.2, -0.15) is 0 Å². The fourth-order valence-electron chi connectivity index (χ4n) is 1.81. The van der Waals surface area contributed by atoms with Crippen molar-refractivity contribution in [2.24, 2.45) is 5.73 Å². The number of anilines is 1. The molecule has 2 rings (SSSR count). The molecular weight excluding hydrogens is 231 g/mol. The van der Waals surface area contributed by atoms with Gasteiger partial charge in [-0.3, -0.25) is 0 Å². The fourth-order valence-corrected chi connectivity index (χ4v) is 1.94. The van der Waals surface area contributed by atoms with Crippen LogP contribution in [-0.4, -0.2) is 19.1 Å². The van der Waals surface area contributed by atoms with Gasteiger partial charge in [-0.1, -0.05) is 11.6 Å². The number of benzene rings is 1. The molecule has 0 saturated carbocycles. The Morgan fingerprint density at radius 2 is 1.67 bits per heavy atom. The zero-order valence-corrected chi connectivity index (χ0v) is 10.1. The summed E-state index contributed by atoms with van der Waals surface area (Å²) in [4.78, 5) is 2.36. The Kier molecular flexibility index (Phi) is 4.71. The van der Waals surface area contributed by atoms with Crippen molar-refractivity contribution in [2.75, 3.05) is 18.0 Å². The molecule has 1 aromatic carbocycles. The van der Waals surface area contributed by atoms with Gasteiger partial charge >= 0.3 is 0 Å². The molecule has 0 atom stereocenters. The summed E-state index contributed by atoms with van der Waals surface area (Å²) >= 11 is 5.84. The normalized spacial score (nSPS) is 17.3. The zero-order valence-electron chi connectivity index (χ0n) is 8.53. The molecule has 0 unspecified atom stereocenters. The van der Waals surface area contributed by atoms with Crippen molar-refractivity contribution in [1.82, 2.24) is 0 Å². The van der Waals surface area contributed by atoms with Crippen LogP contribution in [0.3, 0.4) is 0 Å². The van der Waals surface area contributed by atoms with Gasteiger partial charge in [-0.25, -0.2) is 0 Å². The maximum atomic E-state index is 5.85. The third kappa shape index (κ3) is 3.26. The first-order chi connectivity index (χ1) is 6.75. The van der Waals surface area contributed by atoms with E-state index in [2.05, 4.69) is 17.0 Å². The highest BCUT2D eigenvalue weighted by Crippen LogP contribution is 2.21. The molecule has 2 nitrogen and oxygen atoms in total. The van der Waals surface area contributed by atoms with Gasteiger partial charge in [0, 0.05) is 29.8 Å². The number of nitrogens with two attached hydrogens (primary N) is 1. The number of piperidine rings is 1. The summed E-state index contributed by atoms with van der Waals surface area (Å²) < 4.78 is 0. The quantitative estimate of drug-likeness (QED) is 0.826. The Morgan fingerprint density at radius 3 is 2.20 bits per heavy atom. The summed E-state index contributed by atoms with van der Waals surface area (Å²) in [7, 11) is 0. The van der Waals surface area contributed by atoms with Crippen molar-refractivity contribution in [3.8, 4) is 0 Å². The molecule has 2 N–H and O–H groups in total. The second-order valence-corrected chi connectivity index (χ2v) is 4.24. The van der Waals surface area contributed by atoms with Gasteiger partial charge in [-0.05, 0) is 37.1 Å². The summed E-state index contributed by atoms with van der Waals surface area (Å²) in [6.07, 6.45) is 2.17. The van der Waals surface area contributed by atoms with Crippen LogP contribution in [0.2, 0.25) is 5.02 Å². The molecule has 1 fully saturated rings. The monoisotopic (exact) mass is 246 g/mol. The highest BCUT2D eigenvalue weighted by molar-refractivity contribution is 6.30. The van der Waals surface area contributed by atoms with E-state index in [0.29, 0.717) is 6.04 Å². The predicted molar refractivity (Wildman–Crippen MR) is 68.1 cm³/mol. The highest BCUT2D eigenvalue weighted by Gasteiger charge is 2.15. The van der Waals surface area contributed by atoms with Gasteiger partial charge in [0.15, 0.2) is 0 Å². The van der Waals surface area contributed by atoms with Gasteiger partial charge in [0.1, 0.15) is 0 Å². The van der Waals surface area contributed by atoms with Gasteiger partial charge in [-0.15, -0.1) is 12.4 Å². The van der Waals surface area contributed by atoms with Crippen molar-refractivity contribution in [3.63, 3.8) is 0 Å². The summed E-state index contributed by atoms with van der Waals surface area (Å²) in [5.41, 5.74) is 7.10. The van der Waals surface area contributed by atoms with Crippen LogP contribution in [-0.2, 0) is 0 Å². The molecular formula is C11H16Cl2N2. The summed E-state index contributed by atoms with van der Waals surface area (Å²) in [6.45, 7) is 2.12. The van der Waals surface area contributed by atoms with Gasteiger partial charge in [0.2, 0.25) is 0 Å². The number of hydrogen-bond donors (Lipinski definition) is 1. The highest BCUT2D eigenvalue weighted by atomic mass is 35.5. The zero-order chi connectivity index (χ0) is 9.97. The SMILES string of the molecule is Cl.NC1CCN(c2ccc(Cl)cc2)CC1. The smallest absolute Gasteiger partial charge is 0.0407 e. The van der Waals surface area contributed by atoms with Crippen LogP contribution >= 0.6 is 24.0 Å². The lowest BCUT2D eigenvalue weighted by Gasteiger charge is -2.31. The maximum absolute atomic E-state index is 5.85. The third-order valence-corrected chi connectivity index (χ3v) is 2.98. The molecule has 1 aliphatic heterocycles. The molecule has 0 aromatic heterocycles. The van der Waals surface area contributed by atoms with Crippen LogP contribution in [0.15, 0.2) is 24.3 Å². The van der Waals surface area contributed by atoms with E-state index in [4.69, 9.17) is 17.3 Å². The molecule has 0 aliphatic carbocycles. The molecule has 84 valence electrons. The molecule has 0 bridgehead atoms. The second-order valence-electron chi connectivity index (χ2n) is 3.80. The average molecular weight is 247 g/mol. The molecule has 1 heterocycles. The first-order valence-electron chi connectivity index (χ1n) is 5.02. The molecule has 1 aliphatic rings. The van der Waals surface area contributed by atoms with E-state index in [1.54, 1.807) is 0 Å². The molecule has 1 aromatic rings. The lowest BCUT2D eigenvalue weighted by atomic mass is 10.1. The molecule has 15 heavy (non-hydrogen) atoms. The molecule has 0 amide bonds. The lowest BCUT2D eigenvalue weighted by molar-refractivity contribution is 0.501. The minimum atomic E-state index is 0. The summed E-state index contributed by atoms with van der Waals surface area (Å²) in [5, 5.41) is 0.794. The van der Waals surface area contributed by atoms with Crippen molar-refractivity contribution >= 4 is 29.7 Å². The lowest BCUT2D eigenvalue weighted by Crippen LogP contribution is -2.39. The van der Waals surface area contributed by atoms with Crippen molar-refractivity contribution in [2.45, 2.75) is 18.9 Å². The first-order valence-corrected chi connectivity index (χ1v) is 5.39. The largest absolute Gasteiger partial charge is 0.371 e. The Morgan fingerprint density at radius 1 is 1.13 bits per heavy atom. The average Bonchev–Trinajstić information content (AvgIpc) is 2.21. The van der Waals surface area contributed by atoms with Crippen LogP contribution in [0.4, 0.5) is 5.69 Å². The standard InChI is InChI=1S/C11H15ClN2.ClH/c12-9-1-3-11(4-2-9)14-7-5-10(13)6-8-14;/h1-4,10H,5-8,13H2;1H. The third-order valence-electron chi connectivity index (χ3n) is 2.73. The van der Waals surface area contributed by atoms with Gasteiger partial charge < -0.3 is 10.6 Å². The van der Waals surface area contributed by atoms with Crippen LogP contribution in [0, 0.1) is 0 Å². The van der Waals surface area contributed by atoms with Crippen LogP contribution < -0.4 is 10.6 Å². The van der Waals surface area contributed by atoms with E-state index in [1.165, 1.54) is 5.69 Å². The van der Waals surface area contributed by atoms with Crippen molar-refractivity contribution < 1.29 is 0 Å². The Labute approximate surface area is 102 Å². The molecule has 0 spiro atoms. The topological polar surface area (TPSA) is 29.3 Å². The Balaban J connectivity index is 0.00000112. The van der Waals surface area contributed by atoms with E-state index in [0.717, 1.165) is 31.0 Å². The predicted octanol–water partition coefficient (Wildman–Crippen LogP) is 2.69. The number of halogens is 2. The van der Waals surface area contributed by atoms with E-state index in [-0.39, 0.29) is 12.4 Å². The number of nitrogens with zero attached hydrogens (tertiary/aromatic N) is 1. The molecule has 1 saturated heterocycles. The fraction of sp³-hybridized carbons (Fsp3) is 0.455. The van der Waals surface area contributed by atoms with E-state index >= 15 is 0 Å². The van der Waals surface area contributed by atoms with Crippen molar-refractivity contribution in [3.05, 3.63) is 29.3 Å². The first kappa shape index (κ1) is 12.6. The van der Waals surface area contributed by atoms with Crippen molar-refractivity contribution in [1.29, 1.82) is 0 Å². The van der Waals surface area contributed by atoms with E-state index < -0.39 is 0 Å². The van der Waals surface area contributed by atoms with Crippen LogP contribution in [0.1, 0.15) is 12.8 Å². The van der Waals surface area contributed by atoms with E-state index in [1.807, 2.05) is 12.1 Å². The number of rotatable bonds is 1. The Bertz CT molecular complexity index is 292. The minimum absolute atomic E-state index is 0. The molecule has 0 radical (unpaired) electrons. The Hall–Kier alpha value is -0.440. The second kappa shape index (κ2) is 5.59. The molecule has 4 heteroatoms. The summed E-state index contributed by atoms with van der Waals surface area (Å²) in [6, 6.07) is 8.40. The number of hydrogen-bond acceptors (Lipinski definition) is 2.